The van der Waals surface area contributed by atoms with Crippen LogP contribution in [0.25, 0.3) is 0 Å². The topological polar surface area (TPSA) is 18.5 Å². The molecule has 2 nitrogen and oxygen atoms in total. The molecule has 0 amide bonds. The third kappa shape index (κ3) is 13.8. The van der Waals surface area contributed by atoms with Gasteiger partial charge in [-0.25, -0.2) is 0 Å². The van der Waals surface area contributed by atoms with Gasteiger partial charge in [-0.3, -0.25) is 0 Å². The molecule has 0 rings (SSSR count). The molecule has 0 aliphatic heterocycles. The molecule has 0 fully saturated rings. The molecule has 8 heteroatoms. The summed E-state index contributed by atoms with van der Waals surface area (Å²) in [7, 11) is -3.50. The Balaban J connectivity index is 4.31. The van der Waals surface area contributed by atoms with Gasteiger partial charge in [-0.15, -0.1) is 22.2 Å². The molecule has 0 aliphatic rings. The molecule has 0 spiro atoms. The molecule has 0 N–H and O–H groups in total. The highest BCUT2D eigenvalue weighted by Gasteiger charge is 2.28. The van der Waals surface area contributed by atoms with Crippen LogP contribution in [0.2, 0.25) is 57.9 Å². The first-order valence-corrected chi connectivity index (χ1v) is 19.9. The molecule has 110 valence electrons. The Morgan fingerprint density at radius 3 is 1.56 bits per heavy atom. The maximum absolute atomic E-state index is 6.17. The lowest BCUT2D eigenvalue weighted by Gasteiger charge is -2.31. The zero-order chi connectivity index (χ0) is 14.6. The summed E-state index contributed by atoms with van der Waals surface area (Å²) in [5.41, 5.74) is 0. The van der Waals surface area contributed by atoms with E-state index in [1.807, 2.05) is 6.55 Å². The second-order valence-electron chi connectivity index (χ2n) is 6.85. The van der Waals surface area contributed by atoms with Crippen molar-refractivity contribution in [3.05, 3.63) is 0 Å². The van der Waals surface area contributed by atoms with E-state index < -0.39 is 32.8 Å². The molecular weight excluding hydrogens is 335 g/mol. The lowest BCUT2D eigenvalue weighted by Crippen LogP contribution is -2.43. The summed E-state index contributed by atoms with van der Waals surface area (Å²) in [5, 5.41) is 0. The molecule has 0 aromatic heterocycles. The second-order valence-corrected chi connectivity index (χ2v) is 26.0. The van der Waals surface area contributed by atoms with Crippen LogP contribution in [0.15, 0.2) is 0 Å². The minimum atomic E-state index is -1.95. The van der Waals surface area contributed by atoms with E-state index in [-0.39, 0.29) is 5.91 Å². The van der Waals surface area contributed by atoms with Crippen LogP contribution in [-0.2, 0) is 8.85 Å². The summed E-state index contributed by atoms with van der Waals surface area (Å²) >= 11 is 12.3. The summed E-state index contributed by atoms with van der Waals surface area (Å²) < 4.78 is 12.3. The van der Waals surface area contributed by atoms with E-state index in [0.717, 1.165) is 12.1 Å². The van der Waals surface area contributed by atoms with Crippen molar-refractivity contribution in [3.8, 4) is 0 Å². The third-order valence-corrected chi connectivity index (χ3v) is 9.27. The summed E-state index contributed by atoms with van der Waals surface area (Å²) in [5.74, 6) is 0.0630. The zero-order valence-corrected chi connectivity index (χ0v) is 18.7. The van der Waals surface area contributed by atoms with Crippen molar-refractivity contribution in [1.82, 2.24) is 0 Å². The maximum Gasteiger partial charge on any atom is 0.248 e. The second kappa shape index (κ2) is 7.40. The van der Waals surface area contributed by atoms with Crippen LogP contribution in [0.1, 0.15) is 0 Å². The monoisotopic (exact) mass is 362 g/mol. The van der Waals surface area contributed by atoms with Gasteiger partial charge in [0.1, 0.15) is 5.91 Å². The standard InChI is InChI=1S/C10H28Cl2O2Si4/c1-16(2,3)13-10(14-17(4,5)6)15-8-9-18(7,11)12/h10H,8-9,15H2,1-7H3. The highest BCUT2D eigenvalue weighted by Crippen LogP contribution is 2.23. The van der Waals surface area contributed by atoms with Gasteiger partial charge in [0.25, 0.3) is 0 Å². The molecule has 0 radical (unpaired) electrons. The molecule has 0 aromatic rings. The average Bonchev–Trinajstić information content (AvgIpc) is 1.93. The minimum Gasteiger partial charge on any atom is -0.398 e. The van der Waals surface area contributed by atoms with Crippen LogP contribution in [-0.4, -0.2) is 38.8 Å². The number of hydrogen-bond acceptors (Lipinski definition) is 2. The van der Waals surface area contributed by atoms with E-state index >= 15 is 0 Å². The Morgan fingerprint density at radius 1 is 0.889 bits per heavy atom. The Labute approximate surface area is 127 Å². The highest BCUT2D eigenvalue weighted by atomic mass is 35.7. The molecule has 0 unspecified atom stereocenters. The zero-order valence-electron chi connectivity index (χ0n) is 12.8. The van der Waals surface area contributed by atoms with E-state index in [0.29, 0.717) is 0 Å². The molecule has 0 saturated carbocycles. The fourth-order valence-corrected chi connectivity index (χ4v) is 13.3. The highest BCUT2D eigenvalue weighted by molar-refractivity contribution is 7.45. The van der Waals surface area contributed by atoms with Gasteiger partial charge in [0.05, 0.1) is 9.52 Å². The molecule has 0 saturated heterocycles. The van der Waals surface area contributed by atoms with Crippen molar-refractivity contribution < 1.29 is 8.85 Å². The van der Waals surface area contributed by atoms with Crippen molar-refractivity contribution >= 4 is 55.0 Å². The Morgan fingerprint density at radius 2 is 1.28 bits per heavy atom. The quantitative estimate of drug-likeness (QED) is 0.367. The van der Waals surface area contributed by atoms with Crippen LogP contribution in [0, 0.1) is 0 Å². The average molecular weight is 364 g/mol. The van der Waals surface area contributed by atoms with Gasteiger partial charge >= 0.3 is 0 Å². The van der Waals surface area contributed by atoms with Crippen LogP contribution < -0.4 is 0 Å². The fourth-order valence-electron chi connectivity index (χ4n) is 1.51. The first-order valence-electron chi connectivity index (χ1n) is 6.52. The van der Waals surface area contributed by atoms with Gasteiger partial charge in [0.15, 0.2) is 16.6 Å². The molecular formula is C10H28Cl2O2Si4. The minimum absolute atomic E-state index is 0.0630. The Hall–Kier alpha value is 1.37. The van der Waals surface area contributed by atoms with Crippen molar-refractivity contribution in [2.45, 2.75) is 63.8 Å². The van der Waals surface area contributed by atoms with E-state index in [1.54, 1.807) is 0 Å². The van der Waals surface area contributed by atoms with Crippen LogP contribution in [0.5, 0.6) is 0 Å². The van der Waals surface area contributed by atoms with Crippen molar-refractivity contribution in [2.24, 2.45) is 0 Å². The van der Waals surface area contributed by atoms with Crippen molar-refractivity contribution in [1.29, 1.82) is 0 Å². The molecule has 0 atom stereocenters. The number of hydrogen-bond donors (Lipinski definition) is 0. The van der Waals surface area contributed by atoms with E-state index in [9.17, 15) is 0 Å². The van der Waals surface area contributed by atoms with Crippen molar-refractivity contribution in [3.63, 3.8) is 0 Å². The van der Waals surface area contributed by atoms with Crippen LogP contribution in [0.4, 0.5) is 0 Å². The van der Waals surface area contributed by atoms with E-state index in [4.69, 9.17) is 31.0 Å². The van der Waals surface area contributed by atoms with E-state index in [1.165, 1.54) is 0 Å². The molecule has 0 bridgehead atoms. The normalized spacial score (nSPS) is 15.0. The molecule has 18 heavy (non-hydrogen) atoms. The first kappa shape index (κ1) is 19.4. The predicted octanol–water partition coefficient (Wildman–Crippen LogP) is 4.11. The fraction of sp³-hybridized carbons (Fsp3) is 1.00. The SMILES string of the molecule is C[Si](Cl)(Cl)CC[SiH2]C(O[Si](C)(C)C)O[Si](C)(C)C. The maximum atomic E-state index is 6.17. The first-order chi connectivity index (χ1) is 7.79. The Bertz CT molecular complexity index is 230. The smallest absolute Gasteiger partial charge is 0.248 e. The summed E-state index contributed by atoms with van der Waals surface area (Å²) in [6.07, 6.45) is 0. The van der Waals surface area contributed by atoms with Gasteiger partial charge in [0.2, 0.25) is 6.69 Å². The number of halogens is 2. The third-order valence-electron chi connectivity index (χ3n) is 2.03. The predicted molar refractivity (Wildman–Crippen MR) is 94.1 cm³/mol. The lowest BCUT2D eigenvalue weighted by atomic mass is 10.9. The van der Waals surface area contributed by atoms with Gasteiger partial charge in [0, 0.05) is 0 Å². The van der Waals surface area contributed by atoms with Gasteiger partial charge in [-0.1, -0.05) is 6.04 Å². The van der Waals surface area contributed by atoms with Crippen LogP contribution in [0.3, 0.4) is 0 Å². The molecule has 0 heterocycles. The lowest BCUT2D eigenvalue weighted by molar-refractivity contribution is 0.0606. The summed E-state index contributed by atoms with van der Waals surface area (Å²) in [6.45, 7) is 13.3. The summed E-state index contributed by atoms with van der Waals surface area (Å²) in [4.78, 5) is 0. The molecule has 0 aromatic carbocycles. The Kier molecular flexibility index (Phi) is 7.96. The van der Waals surface area contributed by atoms with Crippen LogP contribution >= 0.6 is 22.2 Å². The van der Waals surface area contributed by atoms with Gasteiger partial charge < -0.3 is 8.85 Å². The van der Waals surface area contributed by atoms with E-state index in [2.05, 4.69) is 39.3 Å². The summed E-state index contributed by atoms with van der Waals surface area (Å²) in [6, 6.07) is 2.08. The molecule has 0 aliphatic carbocycles. The number of rotatable bonds is 8. The van der Waals surface area contributed by atoms with Crippen molar-refractivity contribution in [2.75, 3.05) is 0 Å². The largest absolute Gasteiger partial charge is 0.398 e. The van der Waals surface area contributed by atoms with Gasteiger partial charge in [-0.2, -0.15) is 0 Å². The van der Waals surface area contributed by atoms with Gasteiger partial charge in [-0.05, 0) is 51.9 Å².